The standard InChI is InChI=1S/C6H3F3NO/c7-4(6(8)9)3-5-10-1-2-11-5/h1-3H. The van der Waals surface area contributed by atoms with E-state index in [2.05, 4.69) is 9.40 Å². The molecule has 59 valence electrons. The molecule has 0 fully saturated rings. The minimum absolute atomic E-state index is 0.185. The van der Waals surface area contributed by atoms with Gasteiger partial charge in [-0.3, -0.25) is 0 Å². The Labute approximate surface area is 60.3 Å². The van der Waals surface area contributed by atoms with Crippen molar-refractivity contribution < 1.29 is 17.6 Å². The normalized spacial score (nSPS) is 12.5. The van der Waals surface area contributed by atoms with Crippen LogP contribution in [0.1, 0.15) is 5.89 Å². The average Bonchev–Trinajstić information content (AvgIpc) is 2.39. The largest absolute Gasteiger partial charge is 0.445 e. The van der Waals surface area contributed by atoms with Gasteiger partial charge in [0, 0.05) is 6.08 Å². The number of oxazole rings is 1. The summed E-state index contributed by atoms with van der Waals surface area (Å²) < 4.78 is 39.4. The van der Waals surface area contributed by atoms with Crippen molar-refractivity contribution in [3.8, 4) is 0 Å². The molecule has 0 aliphatic rings. The summed E-state index contributed by atoms with van der Waals surface area (Å²) in [5.41, 5.74) is 0. The van der Waals surface area contributed by atoms with Gasteiger partial charge >= 0.3 is 6.43 Å². The molecule has 0 saturated heterocycles. The second kappa shape index (κ2) is 3.23. The molecule has 0 aromatic carbocycles. The van der Waals surface area contributed by atoms with E-state index < -0.39 is 12.3 Å². The lowest BCUT2D eigenvalue weighted by molar-refractivity contribution is 0.284. The van der Waals surface area contributed by atoms with E-state index in [-0.39, 0.29) is 5.89 Å². The molecular formula is C6H3F3NO. The lowest BCUT2D eigenvalue weighted by atomic mass is 10.5. The fraction of sp³-hybridized carbons (Fsp3) is 0. The highest BCUT2D eigenvalue weighted by Crippen LogP contribution is 2.19. The van der Waals surface area contributed by atoms with Crippen molar-refractivity contribution in [1.29, 1.82) is 0 Å². The summed E-state index contributed by atoms with van der Waals surface area (Å²) in [5, 5.41) is 0. The first-order valence-electron chi connectivity index (χ1n) is 2.65. The van der Waals surface area contributed by atoms with Gasteiger partial charge in [-0.25, -0.2) is 9.37 Å². The fourth-order valence-electron chi connectivity index (χ4n) is 0.469. The Hall–Kier alpha value is -1.26. The molecule has 1 aromatic heterocycles. The SMILES string of the molecule is F[C](F)C(F)=Cc1ncco1. The second-order valence-electron chi connectivity index (χ2n) is 1.62. The van der Waals surface area contributed by atoms with Crippen molar-refractivity contribution in [1.82, 2.24) is 4.98 Å². The Morgan fingerprint density at radius 2 is 2.18 bits per heavy atom. The van der Waals surface area contributed by atoms with E-state index in [0.717, 1.165) is 6.26 Å². The molecule has 0 bridgehead atoms. The first-order chi connectivity index (χ1) is 5.20. The van der Waals surface area contributed by atoms with Gasteiger partial charge in [-0.05, 0) is 0 Å². The van der Waals surface area contributed by atoms with Crippen molar-refractivity contribution in [2.24, 2.45) is 0 Å². The number of rotatable bonds is 2. The van der Waals surface area contributed by atoms with Crippen LogP contribution in [0.5, 0.6) is 0 Å². The fourth-order valence-corrected chi connectivity index (χ4v) is 0.469. The van der Waals surface area contributed by atoms with Crippen LogP contribution in [0, 0.1) is 6.43 Å². The topological polar surface area (TPSA) is 26.0 Å². The highest BCUT2D eigenvalue weighted by molar-refractivity contribution is 5.43. The van der Waals surface area contributed by atoms with Crippen LogP contribution >= 0.6 is 0 Å². The maximum absolute atomic E-state index is 12.1. The number of hydrogen-bond acceptors (Lipinski definition) is 2. The molecule has 1 heterocycles. The molecule has 1 radical (unpaired) electrons. The van der Waals surface area contributed by atoms with Crippen LogP contribution in [-0.2, 0) is 0 Å². The van der Waals surface area contributed by atoms with Gasteiger partial charge in [-0.1, -0.05) is 0 Å². The van der Waals surface area contributed by atoms with Crippen LogP contribution in [0.3, 0.4) is 0 Å². The predicted octanol–water partition coefficient (Wildman–Crippen LogP) is 2.41. The smallest absolute Gasteiger partial charge is 0.367 e. The van der Waals surface area contributed by atoms with Crippen LogP contribution in [-0.4, -0.2) is 4.98 Å². The molecule has 0 spiro atoms. The van der Waals surface area contributed by atoms with E-state index >= 15 is 0 Å². The lowest BCUT2D eigenvalue weighted by Crippen LogP contribution is -1.80. The molecular weight excluding hydrogens is 159 g/mol. The Kier molecular flexibility index (Phi) is 2.30. The summed E-state index contributed by atoms with van der Waals surface area (Å²) in [4.78, 5) is 3.41. The van der Waals surface area contributed by atoms with E-state index in [1.54, 1.807) is 0 Å². The molecule has 0 unspecified atom stereocenters. The van der Waals surface area contributed by atoms with Gasteiger partial charge in [0.1, 0.15) is 6.26 Å². The molecule has 0 saturated carbocycles. The molecule has 0 amide bonds. The lowest BCUT2D eigenvalue weighted by Gasteiger charge is -1.87. The zero-order chi connectivity index (χ0) is 8.27. The molecule has 0 aliphatic carbocycles. The summed E-state index contributed by atoms with van der Waals surface area (Å²) in [5.74, 6) is -1.82. The summed E-state index contributed by atoms with van der Waals surface area (Å²) in [7, 11) is 0. The van der Waals surface area contributed by atoms with Crippen LogP contribution in [0.15, 0.2) is 22.7 Å². The average molecular weight is 162 g/mol. The third-order valence-corrected chi connectivity index (χ3v) is 0.882. The van der Waals surface area contributed by atoms with Crippen molar-refractivity contribution in [2.75, 3.05) is 0 Å². The molecule has 2 nitrogen and oxygen atoms in total. The Morgan fingerprint density at radius 3 is 2.64 bits per heavy atom. The highest BCUT2D eigenvalue weighted by atomic mass is 19.3. The molecule has 11 heavy (non-hydrogen) atoms. The van der Waals surface area contributed by atoms with Crippen LogP contribution in [0.2, 0.25) is 0 Å². The third kappa shape index (κ3) is 2.10. The molecule has 1 aromatic rings. The van der Waals surface area contributed by atoms with Gasteiger partial charge in [0.15, 0.2) is 5.83 Å². The zero-order valence-electron chi connectivity index (χ0n) is 5.22. The number of nitrogens with zero attached hydrogens (tertiary/aromatic N) is 1. The summed E-state index contributed by atoms with van der Waals surface area (Å²) in [6.07, 6.45) is 0.517. The minimum Gasteiger partial charge on any atom is -0.445 e. The van der Waals surface area contributed by atoms with Gasteiger partial charge in [0.05, 0.1) is 6.20 Å². The molecule has 0 atom stereocenters. The van der Waals surface area contributed by atoms with E-state index in [0.29, 0.717) is 6.08 Å². The van der Waals surface area contributed by atoms with Crippen LogP contribution in [0.4, 0.5) is 13.2 Å². The molecule has 5 heteroatoms. The highest BCUT2D eigenvalue weighted by Gasteiger charge is 2.13. The molecule has 0 aliphatic heterocycles. The van der Waals surface area contributed by atoms with Crippen LogP contribution in [0.25, 0.3) is 6.08 Å². The van der Waals surface area contributed by atoms with Crippen molar-refractivity contribution in [3.05, 3.63) is 30.6 Å². The summed E-state index contributed by atoms with van der Waals surface area (Å²) in [6, 6.07) is 0. The quantitative estimate of drug-likeness (QED) is 0.667. The van der Waals surface area contributed by atoms with Crippen molar-refractivity contribution in [2.45, 2.75) is 0 Å². The molecule has 0 N–H and O–H groups in total. The summed E-state index contributed by atoms with van der Waals surface area (Å²) in [6.45, 7) is 0. The van der Waals surface area contributed by atoms with E-state index in [4.69, 9.17) is 0 Å². The number of hydrogen-bond donors (Lipinski definition) is 0. The maximum atomic E-state index is 12.1. The maximum Gasteiger partial charge on any atom is 0.367 e. The van der Waals surface area contributed by atoms with Crippen molar-refractivity contribution >= 4 is 6.08 Å². The van der Waals surface area contributed by atoms with Gasteiger partial charge < -0.3 is 4.42 Å². The predicted molar refractivity (Wildman–Crippen MR) is 31.0 cm³/mol. The minimum atomic E-state index is -2.39. The van der Waals surface area contributed by atoms with Gasteiger partial charge in [-0.15, -0.1) is 0 Å². The van der Waals surface area contributed by atoms with Crippen LogP contribution < -0.4 is 0 Å². The Morgan fingerprint density at radius 1 is 1.45 bits per heavy atom. The number of halogens is 3. The monoisotopic (exact) mass is 162 g/mol. The van der Waals surface area contributed by atoms with Gasteiger partial charge in [0.2, 0.25) is 5.89 Å². The first kappa shape index (κ1) is 7.84. The summed E-state index contributed by atoms with van der Waals surface area (Å²) >= 11 is 0. The van der Waals surface area contributed by atoms with E-state index in [1.807, 2.05) is 0 Å². The van der Waals surface area contributed by atoms with Gasteiger partial charge in [-0.2, -0.15) is 8.78 Å². The third-order valence-electron chi connectivity index (χ3n) is 0.882. The van der Waals surface area contributed by atoms with Gasteiger partial charge in [0.25, 0.3) is 0 Å². The first-order valence-corrected chi connectivity index (χ1v) is 2.65. The number of allylic oxidation sites excluding steroid dienone is 1. The zero-order valence-corrected chi connectivity index (χ0v) is 5.22. The Bertz CT molecular complexity index is 242. The Balaban J connectivity index is 2.74. The number of aromatic nitrogens is 1. The molecule has 1 rings (SSSR count). The van der Waals surface area contributed by atoms with E-state index in [9.17, 15) is 13.2 Å². The second-order valence-corrected chi connectivity index (χ2v) is 1.62. The van der Waals surface area contributed by atoms with Crippen molar-refractivity contribution in [3.63, 3.8) is 0 Å². The van der Waals surface area contributed by atoms with E-state index in [1.165, 1.54) is 6.20 Å².